The molecule has 132 valence electrons. The molecule has 2 rings (SSSR count). The van der Waals surface area contributed by atoms with E-state index in [1.807, 2.05) is 61.5 Å². The lowest BCUT2D eigenvalue weighted by atomic mass is 10.0. The predicted molar refractivity (Wildman–Crippen MR) is 102 cm³/mol. The van der Waals surface area contributed by atoms with Gasteiger partial charge >= 0.3 is 11.8 Å². The van der Waals surface area contributed by atoms with E-state index in [0.29, 0.717) is 12.2 Å². The Hall–Kier alpha value is -2.62. The minimum Gasteiger partial charge on any atom is -0.347 e. The fourth-order valence-corrected chi connectivity index (χ4v) is 2.55. The van der Waals surface area contributed by atoms with Crippen LogP contribution in [0.25, 0.3) is 0 Å². The highest BCUT2D eigenvalue weighted by atomic mass is 16.2. The topological polar surface area (TPSA) is 58.2 Å². The standard InChI is InChI=1S/C21H26N2O2/c1-3-4-8-17-11-13-19(14-12-17)23-21(25)20(24)22-15-16(2)18-9-6-5-7-10-18/h5-7,9-14,16H,3-4,8,15H2,1-2H3,(H,22,24)(H,23,25)/t16-/m1/s1. The molecule has 0 radical (unpaired) electrons. The molecule has 0 bridgehead atoms. The van der Waals surface area contributed by atoms with Crippen molar-refractivity contribution in [2.45, 2.75) is 39.0 Å². The third-order valence-corrected chi connectivity index (χ3v) is 4.17. The molecular weight excluding hydrogens is 312 g/mol. The van der Waals surface area contributed by atoms with Crippen LogP contribution in [0.5, 0.6) is 0 Å². The Bertz CT molecular complexity index is 681. The van der Waals surface area contributed by atoms with Gasteiger partial charge in [-0.2, -0.15) is 0 Å². The lowest BCUT2D eigenvalue weighted by molar-refractivity contribution is -0.136. The highest BCUT2D eigenvalue weighted by Crippen LogP contribution is 2.13. The van der Waals surface area contributed by atoms with Crippen LogP contribution in [-0.2, 0) is 16.0 Å². The molecule has 0 aliphatic carbocycles. The summed E-state index contributed by atoms with van der Waals surface area (Å²) in [5.41, 5.74) is 3.00. The molecule has 4 heteroatoms. The van der Waals surface area contributed by atoms with Crippen molar-refractivity contribution in [3.8, 4) is 0 Å². The van der Waals surface area contributed by atoms with Crippen molar-refractivity contribution in [1.82, 2.24) is 5.32 Å². The number of carbonyl (C=O) groups excluding carboxylic acids is 2. The van der Waals surface area contributed by atoms with Crippen LogP contribution in [0, 0.1) is 0 Å². The minimum absolute atomic E-state index is 0.149. The first-order valence-corrected chi connectivity index (χ1v) is 8.83. The Morgan fingerprint density at radius 2 is 1.64 bits per heavy atom. The van der Waals surface area contributed by atoms with Gasteiger partial charge in [-0.3, -0.25) is 9.59 Å². The first kappa shape index (κ1) is 18.7. The second-order valence-corrected chi connectivity index (χ2v) is 6.28. The predicted octanol–water partition coefficient (Wildman–Crippen LogP) is 3.89. The number of benzene rings is 2. The number of unbranched alkanes of at least 4 members (excludes halogenated alkanes) is 1. The van der Waals surface area contributed by atoms with Gasteiger partial charge in [0, 0.05) is 12.2 Å². The van der Waals surface area contributed by atoms with E-state index in [-0.39, 0.29) is 5.92 Å². The highest BCUT2D eigenvalue weighted by Gasteiger charge is 2.15. The van der Waals surface area contributed by atoms with Gasteiger partial charge < -0.3 is 10.6 Å². The van der Waals surface area contributed by atoms with E-state index in [1.165, 1.54) is 5.56 Å². The average Bonchev–Trinajstić information content (AvgIpc) is 2.65. The van der Waals surface area contributed by atoms with Gasteiger partial charge in [-0.15, -0.1) is 0 Å². The lowest BCUT2D eigenvalue weighted by Crippen LogP contribution is -2.37. The van der Waals surface area contributed by atoms with Gasteiger partial charge in [-0.05, 0) is 42.0 Å². The summed E-state index contributed by atoms with van der Waals surface area (Å²) in [5, 5.41) is 5.33. The van der Waals surface area contributed by atoms with Crippen molar-refractivity contribution in [1.29, 1.82) is 0 Å². The van der Waals surface area contributed by atoms with Crippen molar-refractivity contribution in [2.24, 2.45) is 0 Å². The molecule has 0 fully saturated rings. The molecule has 0 heterocycles. The number of aryl methyl sites for hydroxylation is 1. The summed E-state index contributed by atoms with van der Waals surface area (Å²) in [4.78, 5) is 24.0. The van der Waals surface area contributed by atoms with Crippen LogP contribution in [0.2, 0.25) is 0 Å². The van der Waals surface area contributed by atoms with Gasteiger partial charge in [0.25, 0.3) is 0 Å². The Balaban J connectivity index is 1.80. The van der Waals surface area contributed by atoms with E-state index in [4.69, 9.17) is 0 Å². The maximum absolute atomic E-state index is 12.0. The third kappa shape index (κ3) is 6.07. The summed E-state index contributed by atoms with van der Waals surface area (Å²) in [6, 6.07) is 17.5. The molecule has 0 saturated heterocycles. The lowest BCUT2D eigenvalue weighted by Gasteiger charge is -2.13. The summed E-state index contributed by atoms with van der Waals surface area (Å²) < 4.78 is 0. The molecule has 4 nitrogen and oxygen atoms in total. The van der Waals surface area contributed by atoms with E-state index >= 15 is 0 Å². The molecule has 2 N–H and O–H groups in total. The zero-order valence-corrected chi connectivity index (χ0v) is 14.9. The largest absolute Gasteiger partial charge is 0.347 e. The average molecular weight is 338 g/mol. The number of rotatable bonds is 7. The number of hydrogen-bond donors (Lipinski definition) is 2. The van der Waals surface area contributed by atoms with Crippen molar-refractivity contribution in [3.05, 3.63) is 65.7 Å². The third-order valence-electron chi connectivity index (χ3n) is 4.17. The van der Waals surface area contributed by atoms with E-state index in [1.54, 1.807) is 0 Å². The Labute approximate surface area is 149 Å². The summed E-state index contributed by atoms with van der Waals surface area (Å²) in [6.07, 6.45) is 3.33. The van der Waals surface area contributed by atoms with Crippen LogP contribution in [-0.4, -0.2) is 18.4 Å². The minimum atomic E-state index is -0.637. The summed E-state index contributed by atoms with van der Waals surface area (Å²) >= 11 is 0. The first-order valence-electron chi connectivity index (χ1n) is 8.83. The van der Waals surface area contributed by atoms with Gasteiger partial charge in [-0.1, -0.05) is 62.7 Å². The number of nitrogens with one attached hydrogen (secondary N) is 2. The maximum Gasteiger partial charge on any atom is 0.313 e. The zero-order valence-electron chi connectivity index (χ0n) is 14.9. The quantitative estimate of drug-likeness (QED) is 0.753. The fraction of sp³-hybridized carbons (Fsp3) is 0.333. The van der Waals surface area contributed by atoms with Crippen molar-refractivity contribution < 1.29 is 9.59 Å². The molecule has 0 spiro atoms. The summed E-state index contributed by atoms with van der Waals surface area (Å²) in [5.74, 6) is -1.10. The molecular formula is C21H26N2O2. The number of hydrogen-bond acceptors (Lipinski definition) is 2. The monoisotopic (exact) mass is 338 g/mol. The van der Waals surface area contributed by atoms with Crippen LogP contribution in [0.4, 0.5) is 5.69 Å². The molecule has 2 aromatic carbocycles. The first-order chi connectivity index (χ1) is 12.1. The van der Waals surface area contributed by atoms with Crippen LogP contribution < -0.4 is 10.6 Å². The molecule has 0 aliphatic heterocycles. The van der Waals surface area contributed by atoms with Gasteiger partial charge in [-0.25, -0.2) is 0 Å². The molecule has 2 amide bonds. The van der Waals surface area contributed by atoms with Crippen molar-refractivity contribution in [2.75, 3.05) is 11.9 Å². The number of anilines is 1. The normalized spacial score (nSPS) is 11.6. The van der Waals surface area contributed by atoms with Crippen LogP contribution in [0.1, 0.15) is 43.7 Å². The molecule has 0 unspecified atom stereocenters. The van der Waals surface area contributed by atoms with Gasteiger partial charge in [0.1, 0.15) is 0 Å². The second kappa shape index (κ2) is 9.62. The molecule has 0 saturated carbocycles. The fourth-order valence-electron chi connectivity index (χ4n) is 2.55. The molecule has 2 aromatic rings. The second-order valence-electron chi connectivity index (χ2n) is 6.28. The van der Waals surface area contributed by atoms with E-state index in [0.717, 1.165) is 24.8 Å². The SMILES string of the molecule is CCCCc1ccc(NC(=O)C(=O)NC[C@@H](C)c2ccccc2)cc1. The van der Waals surface area contributed by atoms with E-state index in [9.17, 15) is 9.59 Å². The molecule has 0 aromatic heterocycles. The number of carbonyl (C=O) groups is 2. The number of amides is 2. The zero-order chi connectivity index (χ0) is 18.1. The van der Waals surface area contributed by atoms with Gasteiger partial charge in [0.15, 0.2) is 0 Å². The Morgan fingerprint density at radius 3 is 2.28 bits per heavy atom. The smallest absolute Gasteiger partial charge is 0.313 e. The highest BCUT2D eigenvalue weighted by molar-refractivity contribution is 6.39. The Morgan fingerprint density at radius 1 is 0.960 bits per heavy atom. The maximum atomic E-state index is 12.0. The molecule has 1 atom stereocenters. The molecule has 25 heavy (non-hydrogen) atoms. The van der Waals surface area contributed by atoms with Crippen LogP contribution in [0.3, 0.4) is 0 Å². The Kier molecular flexibility index (Phi) is 7.20. The van der Waals surface area contributed by atoms with Crippen molar-refractivity contribution >= 4 is 17.5 Å². The molecule has 0 aliphatic rings. The van der Waals surface area contributed by atoms with Gasteiger partial charge in [0.05, 0.1) is 0 Å². The van der Waals surface area contributed by atoms with Gasteiger partial charge in [0.2, 0.25) is 0 Å². The summed E-state index contributed by atoms with van der Waals surface area (Å²) in [6.45, 7) is 4.60. The van der Waals surface area contributed by atoms with E-state index in [2.05, 4.69) is 17.6 Å². The van der Waals surface area contributed by atoms with Crippen molar-refractivity contribution in [3.63, 3.8) is 0 Å². The van der Waals surface area contributed by atoms with E-state index < -0.39 is 11.8 Å². The van der Waals surface area contributed by atoms with Crippen LogP contribution in [0.15, 0.2) is 54.6 Å². The summed E-state index contributed by atoms with van der Waals surface area (Å²) in [7, 11) is 0. The van der Waals surface area contributed by atoms with Crippen LogP contribution >= 0.6 is 0 Å².